The van der Waals surface area contributed by atoms with Crippen LogP contribution in [0.3, 0.4) is 0 Å². The number of likely N-dealkylation sites (N-methyl/N-ethyl adjacent to an activating group) is 1. The highest BCUT2D eigenvalue weighted by Gasteiger charge is 2.34. The lowest BCUT2D eigenvalue weighted by atomic mass is 10.0. The van der Waals surface area contributed by atoms with Crippen LogP contribution in [0.15, 0.2) is 67.0 Å². The lowest BCUT2D eigenvalue weighted by Gasteiger charge is -2.33. The largest absolute Gasteiger partial charge is 0.439 e. The Bertz CT molecular complexity index is 1500. The minimum Gasteiger partial charge on any atom is -0.439 e. The number of anilines is 2. The molecule has 39 heavy (non-hydrogen) atoms. The molecule has 0 saturated carbocycles. The van der Waals surface area contributed by atoms with Gasteiger partial charge in [-0.15, -0.1) is 0 Å². The summed E-state index contributed by atoms with van der Waals surface area (Å²) in [5, 5.41) is 3.97. The van der Waals surface area contributed by atoms with Gasteiger partial charge in [0, 0.05) is 50.0 Å². The third-order valence-corrected chi connectivity index (χ3v) is 6.65. The molecule has 202 valence electrons. The van der Waals surface area contributed by atoms with Crippen molar-refractivity contribution >= 4 is 28.2 Å². The number of hydrogen-bond acceptors (Lipinski definition) is 7. The van der Waals surface area contributed by atoms with Crippen LogP contribution in [-0.4, -0.2) is 58.9 Å². The molecule has 0 bridgehead atoms. The first-order chi connectivity index (χ1) is 18.7. The second kappa shape index (κ2) is 10.9. The second-order valence-corrected chi connectivity index (χ2v) is 9.47. The number of alkyl halides is 3. The molecule has 2 heterocycles. The maximum Gasteiger partial charge on any atom is 0.416 e. The van der Waals surface area contributed by atoms with Crippen LogP contribution in [0.5, 0.6) is 11.6 Å². The zero-order valence-corrected chi connectivity index (χ0v) is 21.2. The molecular formula is C28H27F3N6O2. The number of rotatable bonds is 6. The van der Waals surface area contributed by atoms with E-state index in [0.717, 1.165) is 19.2 Å². The quantitative estimate of drug-likeness (QED) is 0.357. The third-order valence-electron chi connectivity index (χ3n) is 6.65. The third kappa shape index (κ3) is 6.27. The number of fused-ring (bicyclic) bond motifs is 1. The van der Waals surface area contributed by atoms with Crippen molar-refractivity contribution in [3.63, 3.8) is 0 Å². The van der Waals surface area contributed by atoms with Gasteiger partial charge in [0.15, 0.2) is 0 Å². The van der Waals surface area contributed by atoms with Gasteiger partial charge in [-0.3, -0.25) is 9.69 Å². The Morgan fingerprint density at radius 2 is 1.82 bits per heavy atom. The van der Waals surface area contributed by atoms with Crippen LogP contribution in [0.2, 0.25) is 0 Å². The predicted molar refractivity (Wildman–Crippen MR) is 143 cm³/mol. The van der Waals surface area contributed by atoms with Crippen molar-refractivity contribution in [2.24, 2.45) is 0 Å². The summed E-state index contributed by atoms with van der Waals surface area (Å²) in [5.74, 6) is 0.495. The number of nitrogens with zero attached hydrogens (tertiary/aromatic N) is 4. The van der Waals surface area contributed by atoms with Crippen molar-refractivity contribution in [3.8, 4) is 11.6 Å². The Balaban J connectivity index is 1.36. The van der Waals surface area contributed by atoms with Gasteiger partial charge in [-0.25, -0.2) is 9.97 Å². The smallest absolute Gasteiger partial charge is 0.416 e. The van der Waals surface area contributed by atoms with Gasteiger partial charge in [-0.2, -0.15) is 13.2 Å². The van der Waals surface area contributed by atoms with E-state index in [9.17, 15) is 18.0 Å². The average molecular weight is 537 g/mol. The highest BCUT2D eigenvalue weighted by molar-refractivity contribution is 6.13. The van der Waals surface area contributed by atoms with E-state index in [0.29, 0.717) is 35.2 Å². The summed E-state index contributed by atoms with van der Waals surface area (Å²) >= 11 is 0. The molecule has 0 spiro atoms. The van der Waals surface area contributed by atoms with Crippen molar-refractivity contribution in [3.05, 3.63) is 83.7 Å². The maximum absolute atomic E-state index is 14.0. The Kier molecular flexibility index (Phi) is 7.36. The molecule has 1 aliphatic heterocycles. The summed E-state index contributed by atoms with van der Waals surface area (Å²) in [6.07, 6.45) is -3.26. The zero-order valence-electron chi connectivity index (χ0n) is 21.2. The molecule has 3 aromatic carbocycles. The molecule has 1 aromatic heterocycles. The number of carbonyl (C=O) groups is 1. The number of halogens is 3. The van der Waals surface area contributed by atoms with E-state index >= 15 is 0 Å². The lowest BCUT2D eigenvalue weighted by molar-refractivity contribution is -0.138. The van der Waals surface area contributed by atoms with Gasteiger partial charge in [0.25, 0.3) is 5.91 Å². The Morgan fingerprint density at radius 1 is 1.03 bits per heavy atom. The maximum atomic E-state index is 14.0. The fourth-order valence-electron chi connectivity index (χ4n) is 4.55. The number of carbonyl (C=O) groups excluding carboxylic acids is 1. The first-order valence-electron chi connectivity index (χ1n) is 12.4. The van der Waals surface area contributed by atoms with Crippen LogP contribution in [-0.2, 0) is 12.7 Å². The van der Waals surface area contributed by atoms with Crippen LogP contribution >= 0.6 is 0 Å². The molecular weight excluding hydrogens is 509 g/mol. The summed E-state index contributed by atoms with van der Waals surface area (Å²) in [7, 11) is 2.00. The number of aromatic nitrogens is 2. The molecule has 8 nitrogen and oxygen atoms in total. The summed E-state index contributed by atoms with van der Waals surface area (Å²) in [6, 6.07) is 15.7. The second-order valence-electron chi connectivity index (χ2n) is 9.47. The monoisotopic (exact) mass is 536 g/mol. The highest BCUT2D eigenvalue weighted by Crippen LogP contribution is 2.35. The molecule has 0 unspecified atom stereocenters. The zero-order chi connectivity index (χ0) is 27.6. The van der Waals surface area contributed by atoms with Gasteiger partial charge in [0.1, 0.15) is 17.9 Å². The predicted octanol–water partition coefficient (Wildman–Crippen LogP) is 5.02. The number of nitrogens with two attached hydrogens (primary N) is 1. The standard InChI is InChI=1S/C28H27F3N6O2/c1-36-9-11-37(12-10-36)16-19-5-6-20(14-24(19)28(29,30)31)35-27(38)23-4-2-3-18-13-21(7-8-22(18)23)39-26-15-25(32)33-17-34-26/h2-8,13-15,17H,9-12,16H2,1H3,(H,35,38)(H2,32,33,34). The van der Waals surface area contributed by atoms with Crippen LogP contribution in [0.1, 0.15) is 21.5 Å². The van der Waals surface area contributed by atoms with Gasteiger partial charge in [0.05, 0.1) is 5.56 Å². The first-order valence-corrected chi connectivity index (χ1v) is 12.4. The van der Waals surface area contributed by atoms with Crippen molar-refractivity contribution in [2.45, 2.75) is 12.7 Å². The highest BCUT2D eigenvalue weighted by atomic mass is 19.4. The number of nitrogens with one attached hydrogen (secondary N) is 1. The minimum absolute atomic E-state index is 0.0766. The SMILES string of the molecule is CN1CCN(Cc2ccc(NC(=O)c3cccc4cc(Oc5cc(N)ncn5)ccc34)cc2C(F)(F)F)CC1. The number of ether oxygens (including phenoxy) is 1. The number of amides is 1. The van der Waals surface area contributed by atoms with E-state index < -0.39 is 17.6 Å². The van der Waals surface area contributed by atoms with E-state index in [-0.39, 0.29) is 29.5 Å². The Labute approximate surface area is 223 Å². The summed E-state index contributed by atoms with van der Waals surface area (Å²) < 4.78 is 47.6. The summed E-state index contributed by atoms with van der Waals surface area (Å²) in [6.45, 7) is 3.22. The van der Waals surface area contributed by atoms with Gasteiger partial charge in [-0.1, -0.05) is 18.2 Å². The molecule has 4 aromatic rings. The minimum atomic E-state index is -4.55. The van der Waals surface area contributed by atoms with E-state index in [1.54, 1.807) is 30.3 Å². The number of nitrogen functional groups attached to an aromatic ring is 1. The number of piperazine rings is 1. The Hall–Kier alpha value is -4.22. The van der Waals surface area contributed by atoms with Crippen LogP contribution in [0.4, 0.5) is 24.7 Å². The molecule has 0 radical (unpaired) electrons. The molecule has 1 fully saturated rings. The fourth-order valence-corrected chi connectivity index (χ4v) is 4.55. The van der Waals surface area contributed by atoms with E-state index in [4.69, 9.17) is 10.5 Å². The molecule has 3 N–H and O–H groups in total. The van der Waals surface area contributed by atoms with Gasteiger partial charge in [0.2, 0.25) is 5.88 Å². The summed E-state index contributed by atoms with van der Waals surface area (Å²) in [4.78, 5) is 25.2. The molecule has 1 amide bonds. The topological polar surface area (TPSA) is 96.6 Å². The van der Waals surface area contributed by atoms with Crippen LogP contribution in [0, 0.1) is 0 Å². The lowest BCUT2D eigenvalue weighted by Crippen LogP contribution is -2.44. The average Bonchev–Trinajstić information content (AvgIpc) is 2.90. The molecule has 0 aliphatic carbocycles. The Morgan fingerprint density at radius 3 is 2.56 bits per heavy atom. The van der Waals surface area contributed by atoms with Crippen molar-refractivity contribution in [2.75, 3.05) is 44.3 Å². The molecule has 5 rings (SSSR count). The van der Waals surface area contributed by atoms with Gasteiger partial charge < -0.3 is 20.7 Å². The van der Waals surface area contributed by atoms with Crippen molar-refractivity contribution < 1.29 is 22.7 Å². The molecule has 1 saturated heterocycles. The molecule has 0 atom stereocenters. The van der Waals surface area contributed by atoms with E-state index in [1.807, 2.05) is 18.0 Å². The first kappa shape index (κ1) is 26.4. The normalized spacial score (nSPS) is 14.9. The van der Waals surface area contributed by atoms with Gasteiger partial charge >= 0.3 is 6.18 Å². The fraction of sp³-hybridized carbons (Fsp3) is 0.250. The van der Waals surface area contributed by atoms with E-state index in [2.05, 4.69) is 20.2 Å². The van der Waals surface area contributed by atoms with E-state index in [1.165, 1.54) is 24.5 Å². The molecule has 11 heteroatoms. The van der Waals surface area contributed by atoms with Crippen molar-refractivity contribution in [1.82, 2.24) is 19.8 Å². The summed E-state index contributed by atoms with van der Waals surface area (Å²) in [5.41, 5.74) is 5.50. The van der Waals surface area contributed by atoms with Gasteiger partial charge in [-0.05, 0) is 59.8 Å². The number of hydrogen-bond donors (Lipinski definition) is 2. The van der Waals surface area contributed by atoms with Crippen LogP contribution in [0.25, 0.3) is 10.8 Å². The van der Waals surface area contributed by atoms with Crippen LogP contribution < -0.4 is 15.8 Å². The number of benzene rings is 3. The molecule has 1 aliphatic rings. The van der Waals surface area contributed by atoms with Crippen molar-refractivity contribution in [1.29, 1.82) is 0 Å².